The van der Waals surface area contributed by atoms with E-state index in [2.05, 4.69) is 42.5 Å². The highest BCUT2D eigenvalue weighted by molar-refractivity contribution is 6.01. The summed E-state index contributed by atoms with van der Waals surface area (Å²) in [7, 11) is 3.35. The molecular formula is C68H92N10O10. The molecule has 4 fully saturated rings. The number of nitrogens with zero attached hydrogens (tertiary/aromatic N) is 2. The first-order valence-corrected chi connectivity index (χ1v) is 32.0. The van der Waals surface area contributed by atoms with Crippen molar-refractivity contribution in [1.29, 1.82) is 0 Å². The molecule has 20 nitrogen and oxygen atoms in total. The van der Waals surface area contributed by atoms with Gasteiger partial charge in [-0.15, -0.1) is 0 Å². The van der Waals surface area contributed by atoms with Crippen molar-refractivity contribution in [2.45, 2.75) is 176 Å². The van der Waals surface area contributed by atoms with E-state index in [4.69, 9.17) is 0 Å². The van der Waals surface area contributed by atoms with Gasteiger partial charge in [-0.05, 0) is 113 Å². The van der Waals surface area contributed by atoms with E-state index in [0.29, 0.717) is 112 Å². The predicted molar refractivity (Wildman–Crippen MR) is 334 cm³/mol. The first kappa shape index (κ1) is 66.4. The van der Waals surface area contributed by atoms with Gasteiger partial charge < -0.3 is 62.5 Å². The van der Waals surface area contributed by atoms with E-state index >= 15 is 9.59 Å². The zero-order valence-corrected chi connectivity index (χ0v) is 51.5. The van der Waals surface area contributed by atoms with Crippen LogP contribution in [0.15, 0.2) is 121 Å². The Bertz CT molecular complexity index is 2690. The maximum Gasteiger partial charge on any atom is 0.255 e. The van der Waals surface area contributed by atoms with Crippen LogP contribution in [-0.2, 0) is 49.4 Å². The molecule has 0 spiro atoms. The lowest BCUT2D eigenvalue weighted by molar-refractivity contribution is -0.145. The molecule has 20 heteroatoms. The summed E-state index contributed by atoms with van der Waals surface area (Å²) in [5.41, 5.74) is -1.24. The van der Waals surface area contributed by atoms with Crippen molar-refractivity contribution in [3.8, 4) is 0 Å². The summed E-state index contributed by atoms with van der Waals surface area (Å²) in [5.74, 6) is -4.51. The number of likely N-dealkylation sites (N-methyl/N-ethyl adjacent to an activating group) is 2. The fraction of sp³-hybridized carbons (Fsp3) is 0.529. The summed E-state index contributed by atoms with van der Waals surface area (Å²) in [5, 5.41) is 45.4. The molecule has 4 aliphatic heterocycles. The average molecular weight is 1210 g/mol. The molecule has 10 atom stereocenters. The van der Waals surface area contributed by atoms with Gasteiger partial charge in [-0.3, -0.25) is 38.4 Å². The number of hydrogen-bond donors (Lipinski definition) is 10. The second-order valence-corrected chi connectivity index (χ2v) is 24.1. The zero-order chi connectivity index (χ0) is 62.8. The third kappa shape index (κ3) is 14.6. The Morgan fingerprint density at radius 3 is 1.07 bits per heavy atom. The number of carbonyl (C=O) groups excluding carboxylic acids is 8. The molecule has 474 valence electrons. The van der Waals surface area contributed by atoms with Crippen molar-refractivity contribution in [3.63, 3.8) is 0 Å². The lowest BCUT2D eigenvalue weighted by Crippen LogP contribution is -2.62. The van der Waals surface area contributed by atoms with Gasteiger partial charge in [0.1, 0.15) is 24.2 Å². The number of aliphatic hydroxyl groups excluding tert-OH is 2. The van der Waals surface area contributed by atoms with E-state index in [-0.39, 0.29) is 37.1 Å². The minimum atomic E-state index is -1.69. The van der Waals surface area contributed by atoms with Crippen molar-refractivity contribution in [1.82, 2.24) is 52.3 Å². The smallest absolute Gasteiger partial charge is 0.255 e. The van der Waals surface area contributed by atoms with Gasteiger partial charge in [-0.1, -0.05) is 161 Å². The standard InChI is InChI=1S/C68H92N10O10/c1-5-53(69-3)59(81)73-57-45(43-79)33-35-51-37-39-55(77(51)63(57)85)61(83)75-67(47-25-15-11-16-26-47,48-27-17-12-18-28-48)65(87)71-41-23-9-7-8-10-24-42-72-66(88)68(49-29-19-13-20-30-49,50-31-21-14-22-32-50)76-62(84)56-40-38-52-36-34-46(44-80)58(64(86)78(52)56)74-60(82)54(6-2)70-4/h11-22,25-32,45-46,51-58,69-70,79-80H,5-10,23-24,33-44H2,1-4H3,(H,71,87)(H,72,88)(H,73,81)(H,74,82)(H,75,83)(H,76,84)/t45-,46-,51+,52+,53+,54+,55+,56+,57+,58+/m1/s1. The van der Waals surface area contributed by atoms with Crippen LogP contribution in [0.3, 0.4) is 0 Å². The van der Waals surface area contributed by atoms with Gasteiger partial charge >= 0.3 is 0 Å². The molecule has 0 unspecified atom stereocenters. The van der Waals surface area contributed by atoms with Crippen molar-refractivity contribution in [2.75, 3.05) is 40.4 Å². The third-order valence-electron chi connectivity index (χ3n) is 18.9. The Balaban J connectivity index is 0.898. The van der Waals surface area contributed by atoms with Crippen LogP contribution in [0.25, 0.3) is 0 Å². The van der Waals surface area contributed by atoms with Gasteiger partial charge in [-0.2, -0.15) is 0 Å². The number of fused-ring (bicyclic) bond motifs is 2. The van der Waals surface area contributed by atoms with E-state index in [1.807, 2.05) is 86.6 Å². The quantitative estimate of drug-likeness (QED) is 0.0343. The summed E-state index contributed by atoms with van der Waals surface area (Å²) in [4.78, 5) is 119. The molecule has 4 aliphatic rings. The van der Waals surface area contributed by atoms with E-state index in [1.165, 1.54) is 0 Å². The van der Waals surface area contributed by atoms with Crippen LogP contribution in [0.5, 0.6) is 0 Å². The number of aliphatic hydroxyl groups is 2. The van der Waals surface area contributed by atoms with Gasteiger partial charge in [0.05, 0.1) is 12.1 Å². The van der Waals surface area contributed by atoms with Crippen molar-refractivity contribution >= 4 is 47.3 Å². The number of hydrogen-bond acceptors (Lipinski definition) is 12. The molecule has 0 radical (unpaired) electrons. The van der Waals surface area contributed by atoms with Crippen molar-refractivity contribution < 1.29 is 48.6 Å². The van der Waals surface area contributed by atoms with Gasteiger partial charge in [0.2, 0.25) is 35.4 Å². The largest absolute Gasteiger partial charge is 0.396 e. The molecular weight excluding hydrogens is 1120 g/mol. The highest BCUT2D eigenvalue weighted by Gasteiger charge is 2.53. The number of amides is 8. The Morgan fingerprint density at radius 2 is 0.773 bits per heavy atom. The number of rotatable bonds is 29. The van der Waals surface area contributed by atoms with E-state index in [9.17, 15) is 39.0 Å². The van der Waals surface area contributed by atoms with Crippen LogP contribution in [0, 0.1) is 11.8 Å². The predicted octanol–water partition coefficient (Wildman–Crippen LogP) is 4.17. The third-order valence-corrected chi connectivity index (χ3v) is 18.9. The fourth-order valence-corrected chi connectivity index (χ4v) is 13.9. The van der Waals surface area contributed by atoms with Crippen LogP contribution in [-0.4, -0.2) is 156 Å². The molecule has 10 N–H and O–H groups in total. The molecule has 0 bridgehead atoms. The normalized spacial score (nSPS) is 22.7. The van der Waals surface area contributed by atoms with Gasteiger partial charge in [0.15, 0.2) is 11.1 Å². The molecule has 0 aliphatic carbocycles. The molecule has 8 rings (SSSR count). The molecule has 4 saturated heterocycles. The number of benzene rings is 4. The first-order valence-electron chi connectivity index (χ1n) is 32.0. The number of unbranched alkanes of at least 4 members (excludes halogenated alkanes) is 5. The summed E-state index contributed by atoms with van der Waals surface area (Å²) < 4.78 is 0. The van der Waals surface area contributed by atoms with E-state index < -0.39 is 94.6 Å². The highest BCUT2D eigenvalue weighted by Crippen LogP contribution is 2.39. The van der Waals surface area contributed by atoms with E-state index in [0.717, 1.165) is 25.7 Å². The van der Waals surface area contributed by atoms with Crippen LogP contribution >= 0.6 is 0 Å². The summed E-state index contributed by atoms with van der Waals surface area (Å²) in [6.07, 6.45) is 9.37. The topological polar surface area (TPSA) is 280 Å². The minimum Gasteiger partial charge on any atom is -0.396 e. The van der Waals surface area contributed by atoms with E-state index in [1.54, 1.807) is 72.4 Å². The number of nitrogens with one attached hydrogen (secondary N) is 8. The molecule has 4 heterocycles. The lowest BCUT2D eigenvalue weighted by Gasteiger charge is -2.38. The summed E-state index contributed by atoms with van der Waals surface area (Å²) >= 11 is 0. The van der Waals surface area contributed by atoms with Crippen LogP contribution in [0.4, 0.5) is 0 Å². The van der Waals surface area contributed by atoms with Gasteiger partial charge in [0, 0.05) is 50.2 Å². The average Bonchev–Trinajstić information content (AvgIpc) is 1.77. The Kier molecular flexibility index (Phi) is 23.8. The molecule has 0 saturated carbocycles. The Morgan fingerprint density at radius 1 is 0.466 bits per heavy atom. The minimum absolute atomic E-state index is 0.289. The molecule has 8 amide bonds. The Labute approximate surface area is 517 Å². The van der Waals surface area contributed by atoms with Crippen LogP contribution in [0.1, 0.15) is 139 Å². The fourth-order valence-electron chi connectivity index (χ4n) is 13.9. The van der Waals surface area contributed by atoms with Crippen molar-refractivity contribution in [3.05, 3.63) is 144 Å². The Hall–Kier alpha value is -7.52. The molecule has 88 heavy (non-hydrogen) atoms. The second-order valence-electron chi connectivity index (χ2n) is 24.1. The zero-order valence-electron chi connectivity index (χ0n) is 51.5. The maximum absolute atomic E-state index is 15.0. The molecule has 4 aromatic carbocycles. The monoisotopic (exact) mass is 1210 g/mol. The van der Waals surface area contributed by atoms with Crippen LogP contribution < -0.4 is 42.5 Å². The lowest BCUT2D eigenvalue weighted by atomic mass is 9.81. The SMILES string of the molecule is CC[C@H](NC)C(=O)N[C@@H]1C(=O)N2[C@@H](CC[C@@H]1CO)CC[C@H]2C(=O)NC(C(=O)NCCCCCCCCNC(=O)C(NC(=O)[C@@H]1CC[C@@H]2CC[C@H](CO)[C@H](NC(=O)[C@H](CC)NC)C(=O)N21)(c1ccccc1)c1ccccc1)(c1ccccc1)c1ccccc1. The van der Waals surface area contributed by atoms with Crippen LogP contribution in [0.2, 0.25) is 0 Å². The first-order chi connectivity index (χ1) is 42.7. The molecule has 0 aromatic heterocycles. The maximum atomic E-state index is 15.0. The second kappa shape index (κ2) is 31.6. The van der Waals surface area contributed by atoms with Gasteiger partial charge in [-0.25, -0.2) is 0 Å². The van der Waals surface area contributed by atoms with Crippen molar-refractivity contribution in [2.24, 2.45) is 11.8 Å². The number of carbonyl (C=O) groups is 8. The highest BCUT2D eigenvalue weighted by atomic mass is 16.3. The molecule has 4 aromatic rings. The van der Waals surface area contributed by atoms with Gasteiger partial charge in [0.25, 0.3) is 11.8 Å². The summed E-state index contributed by atoms with van der Waals surface area (Å²) in [6.45, 7) is 3.73. The summed E-state index contributed by atoms with van der Waals surface area (Å²) in [6, 6.07) is 30.7.